The number of carbonyl (C=O) groups is 1. The molecule has 0 aromatic rings. The van der Waals surface area contributed by atoms with E-state index in [-0.39, 0.29) is 30.5 Å². The Morgan fingerprint density at radius 2 is 1.83 bits per heavy atom. The maximum atomic E-state index is 12.9. The van der Waals surface area contributed by atoms with Crippen molar-refractivity contribution < 1.29 is 14.6 Å². The van der Waals surface area contributed by atoms with Gasteiger partial charge in [-0.05, 0) is 45.1 Å². The fourth-order valence-electron chi connectivity index (χ4n) is 4.60. The van der Waals surface area contributed by atoms with Crippen molar-refractivity contribution in [2.75, 3.05) is 26.4 Å². The van der Waals surface area contributed by atoms with E-state index in [2.05, 4.69) is 10.2 Å². The standard InChI is InChI=1S/C18H32N2O3/c21-13-14-5-2-1-3-6-16(14)19-18(22)17-7-4-10-20(17)15-8-11-23-12-9-15/h14-17,21H,1-13H2,(H,19,22). The lowest BCUT2D eigenvalue weighted by atomic mass is 9.95. The van der Waals surface area contributed by atoms with Crippen molar-refractivity contribution in [1.82, 2.24) is 10.2 Å². The summed E-state index contributed by atoms with van der Waals surface area (Å²) in [5.74, 6) is 0.429. The van der Waals surface area contributed by atoms with Crippen molar-refractivity contribution >= 4 is 5.91 Å². The second kappa shape index (κ2) is 8.45. The van der Waals surface area contributed by atoms with Crippen LogP contribution in [0, 0.1) is 5.92 Å². The average Bonchev–Trinajstić information content (AvgIpc) is 2.97. The SMILES string of the molecule is O=C(NC1CCCCCC1CO)C1CCCN1C1CCOCC1. The third-order valence-corrected chi connectivity index (χ3v) is 5.98. The van der Waals surface area contributed by atoms with Crippen LogP contribution in [0.1, 0.15) is 57.8 Å². The Labute approximate surface area is 139 Å². The van der Waals surface area contributed by atoms with Gasteiger partial charge in [-0.15, -0.1) is 0 Å². The summed E-state index contributed by atoms with van der Waals surface area (Å²) in [5.41, 5.74) is 0. The number of nitrogens with zero attached hydrogens (tertiary/aromatic N) is 1. The number of carbonyl (C=O) groups excluding carboxylic acids is 1. The van der Waals surface area contributed by atoms with Crippen LogP contribution in [0.25, 0.3) is 0 Å². The van der Waals surface area contributed by atoms with Crippen LogP contribution in [0.15, 0.2) is 0 Å². The van der Waals surface area contributed by atoms with Gasteiger partial charge in [-0.25, -0.2) is 0 Å². The summed E-state index contributed by atoms with van der Waals surface area (Å²) in [4.78, 5) is 15.3. The number of hydrogen-bond donors (Lipinski definition) is 2. The topological polar surface area (TPSA) is 61.8 Å². The molecule has 3 rings (SSSR count). The van der Waals surface area contributed by atoms with E-state index < -0.39 is 0 Å². The molecule has 0 aromatic carbocycles. The summed E-state index contributed by atoms with van der Waals surface area (Å²) < 4.78 is 5.46. The maximum absolute atomic E-state index is 12.9. The van der Waals surface area contributed by atoms with Gasteiger partial charge in [0.1, 0.15) is 0 Å². The summed E-state index contributed by atoms with van der Waals surface area (Å²) in [6.07, 6.45) is 9.80. The smallest absolute Gasteiger partial charge is 0.237 e. The molecule has 3 aliphatic rings. The number of aliphatic hydroxyl groups is 1. The largest absolute Gasteiger partial charge is 0.396 e. The average molecular weight is 324 g/mol. The van der Waals surface area contributed by atoms with Gasteiger partial charge in [0, 0.05) is 37.8 Å². The lowest BCUT2D eigenvalue weighted by Crippen LogP contribution is -2.52. The molecule has 1 amide bonds. The Bertz CT molecular complexity index is 384. The summed E-state index contributed by atoms with van der Waals surface area (Å²) in [5, 5.41) is 12.9. The molecule has 0 radical (unpaired) electrons. The second-order valence-corrected chi connectivity index (χ2v) is 7.44. The molecule has 2 N–H and O–H groups in total. The van der Waals surface area contributed by atoms with Crippen molar-refractivity contribution in [2.24, 2.45) is 5.92 Å². The molecule has 3 atom stereocenters. The summed E-state index contributed by atoms with van der Waals surface area (Å²) in [6.45, 7) is 2.88. The summed E-state index contributed by atoms with van der Waals surface area (Å²) in [6, 6.07) is 0.692. The zero-order chi connectivity index (χ0) is 16.1. The van der Waals surface area contributed by atoms with Crippen LogP contribution in [0.3, 0.4) is 0 Å². The van der Waals surface area contributed by atoms with Gasteiger partial charge >= 0.3 is 0 Å². The van der Waals surface area contributed by atoms with Gasteiger partial charge in [-0.2, -0.15) is 0 Å². The fraction of sp³-hybridized carbons (Fsp3) is 0.944. The van der Waals surface area contributed by atoms with Gasteiger partial charge in [0.2, 0.25) is 5.91 Å². The Morgan fingerprint density at radius 1 is 1.04 bits per heavy atom. The molecule has 1 aliphatic carbocycles. The number of amides is 1. The quantitative estimate of drug-likeness (QED) is 0.773. The van der Waals surface area contributed by atoms with Crippen molar-refractivity contribution in [3.63, 3.8) is 0 Å². The molecular weight excluding hydrogens is 292 g/mol. The number of ether oxygens (including phenoxy) is 1. The molecule has 23 heavy (non-hydrogen) atoms. The number of aliphatic hydroxyl groups excluding tert-OH is 1. The minimum Gasteiger partial charge on any atom is -0.396 e. The molecule has 5 nitrogen and oxygen atoms in total. The number of rotatable bonds is 4. The molecule has 2 aliphatic heterocycles. The third-order valence-electron chi connectivity index (χ3n) is 5.98. The van der Waals surface area contributed by atoms with E-state index in [0.29, 0.717) is 6.04 Å². The molecule has 2 heterocycles. The monoisotopic (exact) mass is 324 g/mol. The normalized spacial score (nSPS) is 34.2. The molecule has 2 saturated heterocycles. The highest BCUT2D eigenvalue weighted by Crippen LogP contribution is 2.27. The number of hydrogen-bond acceptors (Lipinski definition) is 4. The first-order valence-electron chi connectivity index (χ1n) is 9.54. The number of likely N-dealkylation sites (tertiary alicyclic amines) is 1. The zero-order valence-corrected chi connectivity index (χ0v) is 14.2. The van der Waals surface area contributed by atoms with Crippen molar-refractivity contribution in [1.29, 1.82) is 0 Å². The molecule has 5 heteroatoms. The van der Waals surface area contributed by atoms with Gasteiger partial charge in [0.05, 0.1) is 6.04 Å². The second-order valence-electron chi connectivity index (χ2n) is 7.44. The van der Waals surface area contributed by atoms with Crippen molar-refractivity contribution in [2.45, 2.75) is 75.9 Å². The molecule has 0 spiro atoms. The molecule has 0 aromatic heterocycles. The Morgan fingerprint density at radius 3 is 2.61 bits per heavy atom. The highest BCUT2D eigenvalue weighted by molar-refractivity contribution is 5.82. The van der Waals surface area contributed by atoms with E-state index in [0.717, 1.165) is 64.7 Å². The van der Waals surface area contributed by atoms with E-state index in [1.165, 1.54) is 12.8 Å². The minimum absolute atomic E-state index is 0.0284. The van der Waals surface area contributed by atoms with E-state index in [1.54, 1.807) is 0 Å². The van der Waals surface area contributed by atoms with Crippen LogP contribution in [-0.2, 0) is 9.53 Å². The molecule has 0 bridgehead atoms. The van der Waals surface area contributed by atoms with Gasteiger partial charge in [-0.1, -0.05) is 19.3 Å². The fourth-order valence-corrected chi connectivity index (χ4v) is 4.60. The first-order valence-corrected chi connectivity index (χ1v) is 9.54. The Hall–Kier alpha value is -0.650. The molecule has 1 saturated carbocycles. The van der Waals surface area contributed by atoms with Crippen LogP contribution < -0.4 is 5.32 Å². The predicted molar refractivity (Wildman–Crippen MR) is 89.2 cm³/mol. The molecule has 3 unspecified atom stereocenters. The van der Waals surface area contributed by atoms with E-state index in [1.807, 2.05) is 0 Å². The predicted octanol–water partition coefficient (Wildman–Crippen LogP) is 1.69. The highest BCUT2D eigenvalue weighted by Gasteiger charge is 2.37. The Balaban J connectivity index is 1.59. The first-order chi connectivity index (χ1) is 11.3. The first kappa shape index (κ1) is 17.2. The van der Waals surface area contributed by atoms with Gasteiger partial charge in [0.25, 0.3) is 0 Å². The van der Waals surface area contributed by atoms with Gasteiger partial charge in [-0.3, -0.25) is 9.69 Å². The molecule has 132 valence electrons. The van der Waals surface area contributed by atoms with Crippen molar-refractivity contribution in [3.8, 4) is 0 Å². The van der Waals surface area contributed by atoms with Crippen LogP contribution in [0.5, 0.6) is 0 Å². The highest BCUT2D eigenvalue weighted by atomic mass is 16.5. The zero-order valence-electron chi connectivity index (χ0n) is 14.2. The van der Waals surface area contributed by atoms with Crippen LogP contribution >= 0.6 is 0 Å². The van der Waals surface area contributed by atoms with Crippen molar-refractivity contribution in [3.05, 3.63) is 0 Å². The van der Waals surface area contributed by atoms with Gasteiger partial charge in [0.15, 0.2) is 0 Å². The van der Waals surface area contributed by atoms with Crippen LogP contribution in [-0.4, -0.2) is 60.4 Å². The Kier molecular flexibility index (Phi) is 6.31. The maximum Gasteiger partial charge on any atom is 0.237 e. The van der Waals surface area contributed by atoms with Gasteiger partial charge < -0.3 is 15.2 Å². The lowest BCUT2D eigenvalue weighted by Gasteiger charge is -2.36. The van der Waals surface area contributed by atoms with E-state index in [4.69, 9.17) is 4.74 Å². The molecular formula is C18H32N2O3. The third kappa shape index (κ3) is 4.25. The molecule has 3 fully saturated rings. The minimum atomic E-state index is 0.0284. The van der Waals surface area contributed by atoms with Crippen LogP contribution in [0.2, 0.25) is 0 Å². The lowest BCUT2D eigenvalue weighted by molar-refractivity contribution is -0.128. The summed E-state index contributed by atoms with van der Waals surface area (Å²) in [7, 11) is 0. The summed E-state index contributed by atoms with van der Waals surface area (Å²) >= 11 is 0. The van der Waals surface area contributed by atoms with Crippen LogP contribution in [0.4, 0.5) is 0 Å². The van der Waals surface area contributed by atoms with E-state index in [9.17, 15) is 9.90 Å². The van der Waals surface area contributed by atoms with E-state index >= 15 is 0 Å². The number of nitrogens with one attached hydrogen (secondary N) is 1.